The molecule has 1 N–H and O–H groups in total. The fraction of sp³-hybridized carbons (Fsp3) is 0.417. The zero-order chi connectivity index (χ0) is 13.2. The molecule has 0 unspecified atom stereocenters. The van der Waals surface area contributed by atoms with E-state index in [2.05, 4.69) is 5.43 Å². The Bertz CT molecular complexity index is 427. The van der Waals surface area contributed by atoms with Crippen LogP contribution in [0.2, 0.25) is 10.0 Å². The van der Waals surface area contributed by atoms with E-state index in [1.54, 1.807) is 30.3 Å². The zero-order valence-corrected chi connectivity index (χ0v) is 11.9. The van der Waals surface area contributed by atoms with E-state index in [1.807, 2.05) is 20.8 Å². The number of carbonyl (C=O) groups excluding carboxylic acids is 1. The van der Waals surface area contributed by atoms with E-state index in [-0.39, 0.29) is 11.4 Å². The Labute approximate surface area is 112 Å². The first-order valence-corrected chi connectivity index (χ1v) is 6.00. The second-order valence-corrected chi connectivity index (χ2v) is 5.48. The zero-order valence-electron chi connectivity index (χ0n) is 10.3. The first kappa shape index (κ1) is 14.3. The van der Waals surface area contributed by atoms with Crippen LogP contribution in [0, 0.1) is 0 Å². The Morgan fingerprint density at radius 1 is 1.24 bits per heavy atom. The van der Waals surface area contributed by atoms with Gasteiger partial charge in [0, 0.05) is 12.6 Å². The SMILES string of the molecule is CNN(C(=O)c1ccc(Cl)c(Cl)c1)C(C)(C)C. The number of hydrogen-bond donors (Lipinski definition) is 1. The molecule has 1 rings (SSSR count). The van der Waals surface area contributed by atoms with Gasteiger partial charge in [-0.2, -0.15) is 0 Å². The predicted octanol–water partition coefficient (Wildman–Crippen LogP) is 3.37. The van der Waals surface area contributed by atoms with Gasteiger partial charge in [0.25, 0.3) is 5.91 Å². The van der Waals surface area contributed by atoms with Gasteiger partial charge in [0.05, 0.1) is 15.6 Å². The average molecular weight is 275 g/mol. The highest BCUT2D eigenvalue weighted by Gasteiger charge is 2.26. The first-order chi connectivity index (χ1) is 7.77. The lowest BCUT2D eigenvalue weighted by Gasteiger charge is -2.34. The smallest absolute Gasteiger partial charge is 0.268 e. The topological polar surface area (TPSA) is 32.3 Å². The molecular weight excluding hydrogens is 259 g/mol. The van der Waals surface area contributed by atoms with Crippen LogP contribution in [0.15, 0.2) is 18.2 Å². The van der Waals surface area contributed by atoms with E-state index < -0.39 is 0 Å². The quantitative estimate of drug-likeness (QED) is 0.839. The monoisotopic (exact) mass is 274 g/mol. The number of rotatable bonds is 2. The van der Waals surface area contributed by atoms with Gasteiger partial charge in [0.2, 0.25) is 0 Å². The summed E-state index contributed by atoms with van der Waals surface area (Å²) in [5.74, 6) is -0.140. The number of hydrazine groups is 1. The molecule has 0 saturated carbocycles. The molecule has 0 aromatic heterocycles. The summed E-state index contributed by atoms with van der Waals surface area (Å²) in [6.07, 6.45) is 0. The number of nitrogens with zero attached hydrogens (tertiary/aromatic N) is 1. The fourth-order valence-corrected chi connectivity index (χ4v) is 1.80. The molecule has 3 nitrogen and oxygen atoms in total. The Kier molecular flexibility index (Phi) is 4.42. The third kappa shape index (κ3) is 3.35. The molecule has 0 spiro atoms. The second kappa shape index (κ2) is 5.25. The standard InChI is InChI=1S/C12H16Cl2N2O/c1-12(2,3)16(15-4)11(17)8-5-6-9(13)10(14)7-8/h5-7,15H,1-4H3. The molecule has 0 atom stereocenters. The minimum atomic E-state index is -0.321. The largest absolute Gasteiger partial charge is 0.269 e. The molecule has 0 saturated heterocycles. The third-order valence-corrected chi connectivity index (χ3v) is 3.00. The molecule has 0 aliphatic carbocycles. The highest BCUT2D eigenvalue weighted by Crippen LogP contribution is 2.24. The Morgan fingerprint density at radius 3 is 2.24 bits per heavy atom. The number of benzene rings is 1. The summed E-state index contributed by atoms with van der Waals surface area (Å²) in [5, 5.41) is 2.37. The van der Waals surface area contributed by atoms with Gasteiger partial charge in [0.1, 0.15) is 0 Å². The minimum Gasteiger partial charge on any atom is -0.269 e. The Balaban J connectivity index is 3.07. The summed E-state index contributed by atoms with van der Waals surface area (Å²) in [4.78, 5) is 12.2. The van der Waals surface area contributed by atoms with Crippen LogP contribution in [0.4, 0.5) is 0 Å². The van der Waals surface area contributed by atoms with Crippen molar-refractivity contribution in [3.8, 4) is 0 Å². The van der Waals surface area contributed by atoms with Gasteiger partial charge >= 0.3 is 0 Å². The molecule has 0 radical (unpaired) electrons. The predicted molar refractivity (Wildman–Crippen MR) is 71.4 cm³/mol. The van der Waals surface area contributed by atoms with Crippen LogP contribution in [0.5, 0.6) is 0 Å². The molecule has 0 aliphatic heterocycles. The number of halogens is 2. The van der Waals surface area contributed by atoms with Crippen LogP contribution in [-0.4, -0.2) is 23.5 Å². The summed E-state index contributed by atoms with van der Waals surface area (Å²) in [6, 6.07) is 4.85. The van der Waals surface area contributed by atoms with E-state index in [0.29, 0.717) is 15.6 Å². The van der Waals surface area contributed by atoms with Gasteiger partial charge in [0.15, 0.2) is 0 Å². The lowest BCUT2D eigenvalue weighted by atomic mass is 10.1. The van der Waals surface area contributed by atoms with E-state index in [9.17, 15) is 4.79 Å². The van der Waals surface area contributed by atoms with E-state index in [0.717, 1.165) is 0 Å². The maximum atomic E-state index is 12.2. The van der Waals surface area contributed by atoms with Crippen molar-refractivity contribution in [2.45, 2.75) is 26.3 Å². The second-order valence-electron chi connectivity index (χ2n) is 4.66. The number of hydrogen-bond acceptors (Lipinski definition) is 2. The van der Waals surface area contributed by atoms with Crippen LogP contribution >= 0.6 is 23.2 Å². The number of carbonyl (C=O) groups is 1. The summed E-state index contributed by atoms with van der Waals surface area (Å²) in [6.45, 7) is 5.83. The van der Waals surface area contributed by atoms with E-state index in [4.69, 9.17) is 23.2 Å². The van der Waals surface area contributed by atoms with Crippen LogP contribution in [-0.2, 0) is 0 Å². The van der Waals surface area contributed by atoms with Gasteiger partial charge < -0.3 is 0 Å². The molecule has 1 aromatic carbocycles. The van der Waals surface area contributed by atoms with Crippen LogP contribution in [0.3, 0.4) is 0 Å². The van der Waals surface area contributed by atoms with Gasteiger partial charge in [-0.05, 0) is 39.0 Å². The van der Waals surface area contributed by atoms with Crippen molar-refractivity contribution in [2.24, 2.45) is 0 Å². The summed E-state index contributed by atoms with van der Waals surface area (Å²) in [7, 11) is 1.71. The normalized spacial score (nSPS) is 11.4. The van der Waals surface area contributed by atoms with Crippen molar-refractivity contribution in [3.05, 3.63) is 33.8 Å². The van der Waals surface area contributed by atoms with Crippen molar-refractivity contribution >= 4 is 29.1 Å². The Hall–Kier alpha value is -0.770. The van der Waals surface area contributed by atoms with Crippen molar-refractivity contribution in [2.75, 3.05) is 7.05 Å². The summed E-state index contributed by atoms with van der Waals surface area (Å²) < 4.78 is 0. The maximum Gasteiger partial charge on any atom is 0.268 e. The van der Waals surface area contributed by atoms with Crippen molar-refractivity contribution < 1.29 is 4.79 Å². The molecule has 1 aromatic rings. The van der Waals surface area contributed by atoms with Crippen molar-refractivity contribution in [1.82, 2.24) is 10.4 Å². The van der Waals surface area contributed by atoms with Gasteiger partial charge in [-0.15, -0.1) is 0 Å². The summed E-state index contributed by atoms with van der Waals surface area (Å²) >= 11 is 11.7. The lowest BCUT2D eigenvalue weighted by Crippen LogP contribution is -2.52. The van der Waals surface area contributed by atoms with Crippen LogP contribution in [0.25, 0.3) is 0 Å². The van der Waals surface area contributed by atoms with Crippen LogP contribution in [0.1, 0.15) is 31.1 Å². The van der Waals surface area contributed by atoms with E-state index >= 15 is 0 Å². The number of nitrogens with one attached hydrogen (secondary N) is 1. The third-order valence-electron chi connectivity index (χ3n) is 2.26. The molecule has 0 bridgehead atoms. The molecule has 5 heteroatoms. The molecule has 17 heavy (non-hydrogen) atoms. The molecule has 0 heterocycles. The molecular formula is C12H16Cl2N2O. The number of amides is 1. The van der Waals surface area contributed by atoms with Gasteiger partial charge in [-0.3, -0.25) is 9.80 Å². The van der Waals surface area contributed by atoms with Crippen molar-refractivity contribution in [1.29, 1.82) is 0 Å². The first-order valence-electron chi connectivity index (χ1n) is 5.24. The molecule has 0 aliphatic rings. The maximum absolute atomic E-state index is 12.2. The lowest BCUT2D eigenvalue weighted by molar-refractivity contribution is 0.0442. The fourth-order valence-electron chi connectivity index (χ4n) is 1.50. The van der Waals surface area contributed by atoms with E-state index in [1.165, 1.54) is 0 Å². The van der Waals surface area contributed by atoms with Gasteiger partial charge in [-0.25, -0.2) is 5.43 Å². The molecule has 94 valence electrons. The average Bonchev–Trinajstić information content (AvgIpc) is 2.20. The van der Waals surface area contributed by atoms with Crippen LogP contribution < -0.4 is 5.43 Å². The molecule has 0 fully saturated rings. The molecule has 1 amide bonds. The minimum absolute atomic E-state index is 0.140. The van der Waals surface area contributed by atoms with Gasteiger partial charge in [-0.1, -0.05) is 23.2 Å². The van der Waals surface area contributed by atoms with Crippen molar-refractivity contribution in [3.63, 3.8) is 0 Å². The summed E-state index contributed by atoms with van der Waals surface area (Å²) in [5.41, 5.74) is 3.06. The highest BCUT2D eigenvalue weighted by molar-refractivity contribution is 6.42. The highest BCUT2D eigenvalue weighted by atomic mass is 35.5. The Morgan fingerprint density at radius 2 is 1.82 bits per heavy atom.